The van der Waals surface area contributed by atoms with Gasteiger partial charge >= 0.3 is 0 Å². The van der Waals surface area contributed by atoms with E-state index in [0.29, 0.717) is 0 Å². The standard InChI is InChI=1S/H4N4/c1-3-4-2/h(H2,1,4)(H2,2,3)/i/hD. The first kappa shape index (κ1) is 1.51. The third-order valence-corrected chi connectivity index (χ3v) is 0.0577. The molecule has 0 amide bonds. The summed E-state index contributed by atoms with van der Waals surface area (Å²) in [6.45, 7) is 0. The zero-order valence-corrected chi connectivity index (χ0v) is 1.97. The number of hydrogen-bond acceptors (Lipinski definition) is 2. The van der Waals surface area contributed by atoms with Gasteiger partial charge in [-0.3, -0.25) is 0 Å². The van der Waals surface area contributed by atoms with Crippen LogP contribution in [0.4, 0.5) is 0 Å². The maximum atomic E-state index is 6.01. The fraction of sp³-hybridized carbons (Fsp3) is 0. The van der Waals surface area contributed by atoms with Gasteiger partial charge in [0.2, 0.25) is 0 Å². The van der Waals surface area contributed by atoms with Crippen molar-refractivity contribution in [2.75, 3.05) is 0 Å². The normalized spacial score (nSPS) is 11.5. The fourth-order valence-electron chi connectivity index (χ4n) is 0. The molecule has 0 saturated carbocycles. The van der Waals surface area contributed by atoms with Gasteiger partial charge in [0.25, 0.3) is 0 Å². The summed E-state index contributed by atoms with van der Waals surface area (Å²) >= 11 is 0. The molecule has 0 aromatic rings. The lowest BCUT2D eigenvalue weighted by atomic mass is 12.6. The van der Waals surface area contributed by atoms with Gasteiger partial charge in [0.05, 0.1) is 0 Å². The number of nitrogens with zero attached hydrogens (tertiary/aromatic N) is 2. The monoisotopic (exact) mass is 61.0 g/mol. The van der Waals surface area contributed by atoms with Crippen molar-refractivity contribution in [1.82, 2.24) is 0 Å². The molecule has 0 rings (SSSR count). The van der Waals surface area contributed by atoms with Crippen LogP contribution in [0.5, 0.6) is 0 Å². The third kappa shape index (κ3) is 1.20. The Morgan fingerprint density at radius 2 is 2.50 bits per heavy atom. The quantitative estimate of drug-likeness (QED) is 0.236. The highest BCUT2D eigenvalue weighted by atomic mass is 15.4. The van der Waals surface area contributed by atoms with Crippen molar-refractivity contribution in [1.29, 1.82) is 0 Å². The largest absolute Gasteiger partial charge is 0.303 e. The van der Waals surface area contributed by atoms with E-state index in [2.05, 4.69) is 16.3 Å². The maximum Gasteiger partial charge on any atom is 0.181 e. The molecule has 0 aliphatic heterocycles. The average Bonchev–Trinajstić information content (AvgIpc) is 1.41. The predicted octanol–water partition coefficient (Wildman–Crippen LogP) is -0.814. The smallest absolute Gasteiger partial charge is 0.181 e. The Morgan fingerprint density at radius 1 is 1.75 bits per heavy atom. The molecule has 24 valence electrons. The van der Waals surface area contributed by atoms with E-state index in [9.17, 15) is 0 Å². The summed E-state index contributed by atoms with van der Waals surface area (Å²) in [6.07, 6.45) is 0. The summed E-state index contributed by atoms with van der Waals surface area (Å²) in [6, 6.07) is 0. The summed E-state index contributed by atoms with van der Waals surface area (Å²) in [5, 5.41) is 5.47. The third-order valence-electron chi connectivity index (χ3n) is 0.0577. The van der Waals surface area contributed by atoms with Gasteiger partial charge < -0.3 is 11.7 Å². The summed E-state index contributed by atoms with van der Waals surface area (Å²) in [5.74, 6) is 6.02. The van der Waals surface area contributed by atoms with E-state index in [1.54, 1.807) is 5.84 Å². The van der Waals surface area contributed by atoms with Crippen molar-refractivity contribution < 1.29 is 1.41 Å². The SMILES string of the molecule is [2H]N/N=N/N. The van der Waals surface area contributed by atoms with Crippen molar-refractivity contribution in [3.63, 3.8) is 0 Å². The highest BCUT2D eigenvalue weighted by molar-refractivity contribution is 3.79. The zero-order chi connectivity index (χ0) is 4.12. The van der Waals surface area contributed by atoms with Crippen molar-refractivity contribution in [3.8, 4) is 0 Å². The Bertz CT molecular complexity index is 30.6. The minimum absolute atomic E-state index is 1.60. The molecule has 0 unspecified atom stereocenters. The van der Waals surface area contributed by atoms with Gasteiger partial charge in [0.1, 0.15) is 0 Å². The molecule has 0 aromatic carbocycles. The topological polar surface area (TPSA) is 76.8 Å². The molecule has 0 aliphatic rings. The second kappa shape index (κ2) is 2.20. The molecule has 0 saturated heterocycles. The van der Waals surface area contributed by atoms with Crippen LogP contribution in [0.3, 0.4) is 0 Å². The Kier molecular flexibility index (Phi) is 0.832. The van der Waals surface area contributed by atoms with E-state index in [0.717, 1.165) is 0 Å². The average molecular weight is 61.1 g/mol. The Hall–Kier alpha value is -0.800. The van der Waals surface area contributed by atoms with Gasteiger partial charge in [-0.1, -0.05) is 10.4 Å². The van der Waals surface area contributed by atoms with Gasteiger partial charge in [-0.15, -0.1) is 0 Å². The van der Waals surface area contributed by atoms with Gasteiger partial charge in [-0.2, -0.15) is 0 Å². The van der Waals surface area contributed by atoms with E-state index < -0.39 is 0 Å². The first-order valence-corrected chi connectivity index (χ1v) is 0.682. The Labute approximate surface area is 24.9 Å². The lowest BCUT2D eigenvalue weighted by Crippen LogP contribution is -1.80. The molecule has 4 heavy (non-hydrogen) atoms. The van der Waals surface area contributed by atoms with E-state index in [-0.39, 0.29) is 0 Å². The van der Waals surface area contributed by atoms with Gasteiger partial charge in [0, 0.05) is 0 Å². The first-order chi connectivity index (χ1) is 2.41. The number of rotatable bonds is 1. The molecular weight excluding hydrogens is 56.0 g/mol. The molecule has 0 spiro atoms. The molecule has 0 atom stereocenters. The van der Waals surface area contributed by atoms with Gasteiger partial charge in [-0.25, -0.2) is 0 Å². The van der Waals surface area contributed by atoms with Crippen LogP contribution >= 0.6 is 0 Å². The number of hydrogen-bond donors (Lipinski definition) is 2. The fourth-order valence-corrected chi connectivity index (χ4v) is 0. The van der Waals surface area contributed by atoms with Crippen LogP contribution in [0.1, 0.15) is 0 Å². The van der Waals surface area contributed by atoms with E-state index >= 15 is 0 Å². The molecule has 0 heterocycles. The van der Waals surface area contributed by atoms with E-state index in [1.807, 2.05) is 0 Å². The summed E-state index contributed by atoms with van der Waals surface area (Å²) in [5.41, 5.74) is 0. The van der Waals surface area contributed by atoms with Crippen LogP contribution in [-0.2, 0) is 0 Å². The van der Waals surface area contributed by atoms with Crippen molar-refractivity contribution in [2.24, 2.45) is 22.1 Å². The molecule has 4 heteroatoms. The second-order valence-corrected chi connectivity index (χ2v) is 0.215. The lowest BCUT2D eigenvalue weighted by Gasteiger charge is -1.56. The molecule has 0 fully saturated rings. The molecule has 4 nitrogen and oxygen atoms in total. The summed E-state index contributed by atoms with van der Waals surface area (Å²) in [7, 11) is 0. The second-order valence-electron chi connectivity index (χ2n) is 0.215. The van der Waals surface area contributed by atoms with Gasteiger partial charge in [-0.05, 0) is 0 Å². The van der Waals surface area contributed by atoms with Crippen molar-refractivity contribution >= 4 is 0 Å². The van der Waals surface area contributed by atoms with Crippen LogP contribution in [0.15, 0.2) is 10.4 Å². The molecular formula is H4N4. The van der Waals surface area contributed by atoms with Crippen LogP contribution in [0.25, 0.3) is 0 Å². The van der Waals surface area contributed by atoms with Crippen LogP contribution in [0.2, 0.25) is 1.41 Å². The molecule has 0 aromatic heterocycles. The van der Waals surface area contributed by atoms with E-state index in [1.165, 1.54) is 0 Å². The Balaban J connectivity index is 2.62. The van der Waals surface area contributed by atoms with Crippen LogP contribution < -0.4 is 11.7 Å². The predicted molar refractivity (Wildman–Crippen MR) is 13.2 cm³/mol. The molecule has 0 aliphatic carbocycles. The zero-order valence-electron chi connectivity index (χ0n) is 2.97. The van der Waals surface area contributed by atoms with Crippen LogP contribution in [-0.4, -0.2) is 0 Å². The molecule has 0 radical (unpaired) electrons. The highest BCUT2D eigenvalue weighted by Gasteiger charge is 1.28. The van der Waals surface area contributed by atoms with Crippen molar-refractivity contribution in [3.05, 3.63) is 0 Å². The molecule has 4 N–H and O–H groups in total. The summed E-state index contributed by atoms with van der Waals surface area (Å²) < 4.78 is 6.01. The molecule has 0 bridgehead atoms. The first-order valence-electron chi connectivity index (χ1n) is 1.18. The van der Waals surface area contributed by atoms with Crippen molar-refractivity contribution in [2.45, 2.75) is 0 Å². The van der Waals surface area contributed by atoms with E-state index in [4.69, 9.17) is 1.41 Å². The highest BCUT2D eigenvalue weighted by Crippen LogP contribution is 1.32. The Morgan fingerprint density at radius 3 is 2.50 bits per heavy atom. The minimum atomic E-state index is 1.60. The van der Waals surface area contributed by atoms with Crippen LogP contribution in [0, 0.1) is 0 Å². The number of nitrogens with two attached hydrogens (primary N) is 2. The lowest BCUT2D eigenvalue weighted by molar-refractivity contribution is 0.956. The minimum Gasteiger partial charge on any atom is -0.303 e. The maximum absolute atomic E-state index is 6.01. The van der Waals surface area contributed by atoms with Gasteiger partial charge in [0.15, 0.2) is 1.41 Å². The summed E-state index contributed by atoms with van der Waals surface area (Å²) in [4.78, 5) is 0.